The van der Waals surface area contributed by atoms with Gasteiger partial charge in [-0.15, -0.1) is 0 Å². The fourth-order valence-corrected chi connectivity index (χ4v) is 3.02. The van der Waals surface area contributed by atoms with Crippen molar-refractivity contribution in [2.75, 3.05) is 6.61 Å². The smallest absolute Gasteiger partial charge is 0.302 e. The quantitative estimate of drug-likeness (QED) is 0.669. The first-order valence-electron chi connectivity index (χ1n) is 8.19. The molecule has 0 saturated heterocycles. The maximum absolute atomic E-state index is 12.8. The van der Waals surface area contributed by atoms with Crippen molar-refractivity contribution in [2.24, 2.45) is 0 Å². The van der Waals surface area contributed by atoms with E-state index in [2.05, 4.69) is 6.92 Å². The SMILES string of the molecule is CCC(COC(C)=O)c1ccc2c(=O)c3ccccc3ccc2c1. The van der Waals surface area contributed by atoms with Gasteiger partial charge in [0.2, 0.25) is 0 Å². The van der Waals surface area contributed by atoms with Gasteiger partial charge in [-0.1, -0.05) is 61.5 Å². The molecule has 0 heterocycles. The van der Waals surface area contributed by atoms with Crippen LogP contribution in [0.3, 0.4) is 0 Å². The van der Waals surface area contributed by atoms with E-state index in [1.807, 2.05) is 54.6 Å². The Hall–Kier alpha value is -2.68. The highest BCUT2D eigenvalue weighted by molar-refractivity contribution is 5.93. The van der Waals surface area contributed by atoms with E-state index in [-0.39, 0.29) is 17.3 Å². The fourth-order valence-electron chi connectivity index (χ4n) is 3.02. The molecule has 1 unspecified atom stereocenters. The minimum Gasteiger partial charge on any atom is -0.465 e. The molecule has 24 heavy (non-hydrogen) atoms. The molecule has 0 spiro atoms. The lowest BCUT2D eigenvalue weighted by Crippen LogP contribution is -2.10. The van der Waals surface area contributed by atoms with Crippen LogP contribution in [0, 0.1) is 0 Å². The van der Waals surface area contributed by atoms with Gasteiger partial charge in [-0.2, -0.15) is 0 Å². The number of hydrogen-bond acceptors (Lipinski definition) is 3. The van der Waals surface area contributed by atoms with Gasteiger partial charge in [-0.25, -0.2) is 0 Å². The molecule has 0 radical (unpaired) electrons. The van der Waals surface area contributed by atoms with Gasteiger partial charge in [0.05, 0.1) is 6.61 Å². The van der Waals surface area contributed by atoms with Crippen LogP contribution in [0.5, 0.6) is 0 Å². The Kier molecular flexibility index (Phi) is 4.61. The van der Waals surface area contributed by atoms with E-state index in [1.165, 1.54) is 6.92 Å². The summed E-state index contributed by atoms with van der Waals surface area (Å²) < 4.78 is 5.17. The largest absolute Gasteiger partial charge is 0.465 e. The summed E-state index contributed by atoms with van der Waals surface area (Å²) in [5.41, 5.74) is 1.13. The maximum Gasteiger partial charge on any atom is 0.302 e. The standard InChI is InChI=1S/C21H20O3/c1-3-15(13-24-14(2)22)17-10-11-20-18(12-17)9-8-16-6-4-5-7-19(16)21(20)23/h4-12,15H,3,13H2,1-2H3. The van der Waals surface area contributed by atoms with Crippen LogP contribution in [-0.2, 0) is 9.53 Å². The first-order chi connectivity index (χ1) is 11.6. The summed E-state index contributed by atoms with van der Waals surface area (Å²) in [6.45, 7) is 3.85. The summed E-state index contributed by atoms with van der Waals surface area (Å²) >= 11 is 0. The van der Waals surface area contributed by atoms with Gasteiger partial charge in [-0.3, -0.25) is 9.59 Å². The molecule has 3 aromatic carbocycles. The number of carbonyl (C=O) groups excluding carboxylic acids is 1. The van der Waals surface area contributed by atoms with Gasteiger partial charge in [0, 0.05) is 23.6 Å². The monoisotopic (exact) mass is 320 g/mol. The van der Waals surface area contributed by atoms with Crippen molar-refractivity contribution in [3.63, 3.8) is 0 Å². The van der Waals surface area contributed by atoms with Gasteiger partial charge in [-0.05, 0) is 22.8 Å². The number of benzene rings is 2. The topological polar surface area (TPSA) is 43.4 Å². The molecule has 0 saturated carbocycles. The molecule has 0 bridgehead atoms. The van der Waals surface area contributed by atoms with E-state index in [4.69, 9.17) is 4.74 Å². The summed E-state index contributed by atoms with van der Waals surface area (Å²) in [5.74, 6) is -0.137. The van der Waals surface area contributed by atoms with Crippen LogP contribution in [0.4, 0.5) is 0 Å². The van der Waals surface area contributed by atoms with E-state index < -0.39 is 0 Å². The van der Waals surface area contributed by atoms with Gasteiger partial charge in [0.1, 0.15) is 0 Å². The average Bonchev–Trinajstić information content (AvgIpc) is 2.73. The molecule has 0 N–H and O–H groups in total. The maximum atomic E-state index is 12.8. The highest BCUT2D eigenvalue weighted by Crippen LogP contribution is 2.24. The normalized spacial score (nSPS) is 12.2. The minimum absolute atomic E-state index is 0.0465. The van der Waals surface area contributed by atoms with Crippen molar-refractivity contribution in [1.82, 2.24) is 0 Å². The average molecular weight is 320 g/mol. The molecule has 1 atom stereocenters. The van der Waals surface area contributed by atoms with Gasteiger partial charge >= 0.3 is 5.97 Å². The molecule has 3 rings (SSSR count). The lowest BCUT2D eigenvalue weighted by Gasteiger charge is -2.15. The summed E-state index contributed by atoms with van der Waals surface area (Å²) in [6.07, 6.45) is 0.865. The highest BCUT2D eigenvalue weighted by atomic mass is 16.5. The molecular formula is C21H20O3. The second kappa shape index (κ2) is 6.83. The second-order valence-electron chi connectivity index (χ2n) is 6.00. The van der Waals surface area contributed by atoms with Crippen LogP contribution < -0.4 is 5.43 Å². The molecule has 3 aromatic rings. The summed E-state index contributed by atoms with van der Waals surface area (Å²) in [7, 11) is 0. The Labute approximate surface area is 140 Å². The van der Waals surface area contributed by atoms with Gasteiger partial charge in [0.25, 0.3) is 0 Å². The van der Waals surface area contributed by atoms with E-state index in [9.17, 15) is 9.59 Å². The van der Waals surface area contributed by atoms with E-state index in [1.54, 1.807) is 0 Å². The Bertz CT molecular complexity index is 960. The third kappa shape index (κ3) is 3.16. The summed E-state index contributed by atoms with van der Waals surface area (Å²) in [6, 6.07) is 17.5. The molecule has 3 heteroatoms. The lowest BCUT2D eigenvalue weighted by atomic mass is 9.95. The molecule has 0 amide bonds. The molecule has 122 valence electrons. The second-order valence-corrected chi connectivity index (χ2v) is 6.00. The van der Waals surface area contributed by atoms with Crippen molar-refractivity contribution >= 4 is 27.5 Å². The zero-order chi connectivity index (χ0) is 17.1. The Morgan fingerprint density at radius 3 is 2.46 bits per heavy atom. The predicted molar refractivity (Wildman–Crippen MR) is 97.4 cm³/mol. The zero-order valence-electron chi connectivity index (χ0n) is 13.9. The molecule has 0 aliphatic heterocycles. The van der Waals surface area contributed by atoms with Crippen LogP contribution in [0.2, 0.25) is 0 Å². The molecule has 3 nitrogen and oxygen atoms in total. The number of ether oxygens (including phenoxy) is 1. The molecule has 0 aliphatic rings. The summed E-state index contributed by atoms with van der Waals surface area (Å²) in [5, 5.41) is 3.29. The van der Waals surface area contributed by atoms with Crippen LogP contribution in [-0.4, -0.2) is 12.6 Å². The number of esters is 1. The minimum atomic E-state index is -0.270. The fraction of sp³-hybridized carbons (Fsp3) is 0.238. The molecule has 0 aliphatic carbocycles. The van der Waals surface area contributed by atoms with Crippen LogP contribution in [0.1, 0.15) is 31.7 Å². The third-order valence-electron chi connectivity index (χ3n) is 4.42. The van der Waals surface area contributed by atoms with Gasteiger partial charge < -0.3 is 4.74 Å². The van der Waals surface area contributed by atoms with Crippen LogP contribution in [0.15, 0.2) is 59.4 Å². The van der Waals surface area contributed by atoms with E-state index in [0.717, 1.165) is 28.1 Å². The van der Waals surface area contributed by atoms with E-state index >= 15 is 0 Å². The van der Waals surface area contributed by atoms with Crippen molar-refractivity contribution in [2.45, 2.75) is 26.2 Å². The first-order valence-corrected chi connectivity index (χ1v) is 8.19. The lowest BCUT2D eigenvalue weighted by molar-refractivity contribution is -0.141. The molecule has 0 fully saturated rings. The summed E-state index contributed by atoms with van der Waals surface area (Å²) in [4.78, 5) is 23.8. The Morgan fingerprint density at radius 2 is 1.71 bits per heavy atom. The van der Waals surface area contributed by atoms with Crippen molar-refractivity contribution in [3.05, 3.63) is 70.4 Å². The Morgan fingerprint density at radius 1 is 1.00 bits per heavy atom. The first kappa shape index (κ1) is 16.2. The van der Waals surface area contributed by atoms with Crippen molar-refractivity contribution < 1.29 is 9.53 Å². The number of carbonyl (C=O) groups is 1. The number of rotatable bonds is 4. The van der Waals surface area contributed by atoms with Crippen LogP contribution >= 0.6 is 0 Å². The number of hydrogen-bond donors (Lipinski definition) is 0. The van der Waals surface area contributed by atoms with Crippen molar-refractivity contribution in [3.8, 4) is 0 Å². The van der Waals surface area contributed by atoms with Crippen LogP contribution in [0.25, 0.3) is 21.5 Å². The highest BCUT2D eigenvalue weighted by Gasteiger charge is 2.12. The van der Waals surface area contributed by atoms with E-state index in [0.29, 0.717) is 12.0 Å². The molecule has 0 aromatic heterocycles. The Balaban J connectivity index is 2.13. The third-order valence-corrected chi connectivity index (χ3v) is 4.42. The van der Waals surface area contributed by atoms with Gasteiger partial charge in [0.15, 0.2) is 5.43 Å². The number of fused-ring (bicyclic) bond motifs is 2. The zero-order valence-corrected chi connectivity index (χ0v) is 13.9. The molecular weight excluding hydrogens is 300 g/mol. The predicted octanol–water partition coefficient (Wildman–Crippen LogP) is 4.41. The van der Waals surface area contributed by atoms with Crippen molar-refractivity contribution in [1.29, 1.82) is 0 Å².